The van der Waals surface area contributed by atoms with Crippen molar-refractivity contribution in [2.45, 2.75) is 18.6 Å². The number of hydrogen-bond acceptors (Lipinski definition) is 5. The fraction of sp³-hybridized carbons (Fsp3) is 0.300. The number of alkyl halides is 3. The fourth-order valence-electron chi connectivity index (χ4n) is 2.74. The molecule has 7 nitrogen and oxygen atoms in total. The molecule has 0 aromatic heterocycles. The Morgan fingerprint density at radius 1 is 1.00 bits per heavy atom. The van der Waals surface area contributed by atoms with Gasteiger partial charge in [-0.25, -0.2) is 9.59 Å². The second kappa shape index (κ2) is 9.38. The van der Waals surface area contributed by atoms with Crippen LogP contribution in [0.3, 0.4) is 0 Å². The lowest BCUT2D eigenvalue weighted by atomic mass is 9.89. The molecule has 2 amide bonds. The van der Waals surface area contributed by atoms with E-state index in [2.05, 4.69) is 10.1 Å². The predicted octanol–water partition coefficient (Wildman–Crippen LogP) is 3.85. The summed E-state index contributed by atoms with van der Waals surface area (Å²) < 4.78 is 57.4. The van der Waals surface area contributed by atoms with E-state index in [4.69, 9.17) is 9.47 Å². The number of urea groups is 1. The molecule has 0 saturated carbocycles. The second-order valence-electron chi connectivity index (χ2n) is 5.98. The van der Waals surface area contributed by atoms with Crippen molar-refractivity contribution in [2.75, 3.05) is 26.1 Å². The van der Waals surface area contributed by atoms with Gasteiger partial charge < -0.3 is 24.8 Å². The summed E-state index contributed by atoms with van der Waals surface area (Å²) in [4.78, 5) is 25.0. The van der Waals surface area contributed by atoms with E-state index < -0.39 is 29.3 Å². The van der Waals surface area contributed by atoms with E-state index >= 15 is 0 Å². The number of benzene rings is 2. The molecule has 0 saturated heterocycles. The van der Waals surface area contributed by atoms with Gasteiger partial charge in [0.1, 0.15) is 11.5 Å². The summed E-state index contributed by atoms with van der Waals surface area (Å²) in [5, 5.41) is 4.03. The zero-order chi connectivity index (χ0) is 22.4. The van der Waals surface area contributed by atoms with Gasteiger partial charge in [0.2, 0.25) is 0 Å². The predicted molar refractivity (Wildman–Crippen MR) is 103 cm³/mol. The highest BCUT2D eigenvalue weighted by molar-refractivity contribution is 5.96. The third-order valence-electron chi connectivity index (χ3n) is 4.17. The minimum atomic E-state index is -5.19. The van der Waals surface area contributed by atoms with Crippen molar-refractivity contribution in [1.82, 2.24) is 5.32 Å². The molecule has 2 aromatic carbocycles. The molecule has 0 heterocycles. The molecule has 0 spiro atoms. The molecule has 0 bridgehead atoms. The molecule has 0 aliphatic rings. The Balaban J connectivity index is 2.46. The van der Waals surface area contributed by atoms with Crippen LogP contribution in [0.2, 0.25) is 0 Å². The van der Waals surface area contributed by atoms with Crippen LogP contribution in [-0.4, -0.2) is 39.0 Å². The van der Waals surface area contributed by atoms with Gasteiger partial charge in [-0.3, -0.25) is 0 Å². The maximum Gasteiger partial charge on any atom is 0.426 e. The van der Waals surface area contributed by atoms with Crippen molar-refractivity contribution in [3.05, 3.63) is 54.1 Å². The summed E-state index contributed by atoms with van der Waals surface area (Å²) >= 11 is 0. The standard InChI is InChI=1S/C20H21F3N2O5/c1-4-30-17(26)19(20(21,22)23,13-8-6-5-7-9-13)25-18(27)24-15-11-10-14(28-2)12-16(15)29-3/h5-12H,4H2,1-3H3,(H2,24,25,27)/t19-/m0/s1. The Morgan fingerprint density at radius 2 is 1.67 bits per heavy atom. The normalized spacial score (nSPS) is 13.0. The van der Waals surface area contributed by atoms with Crippen molar-refractivity contribution in [3.8, 4) is 11.5 Å². The minimum Gasteiger partial charge on any atom is -0.497 e. The smallest absolute Gasteiger partial charge is 0.426 e. The number of halogens is 3. The Kier molecular flexibility index (Phi) is 7.14. The van der Waals surface area contributed by atoms with Gasteiger partial charge in [-0.15, -0.1) is 0 Å². The number of nitrogens with one attached hydrogen (secondary N) is 2. The summed E-state index contributed by atoms with van der Waals surface area (Å²) in [7, 11) is 2.74. The summed E-state index contributed by atoms with van der Waals surface area (Å²) in [5.74, 6) is -1.09. The molecule has 0 radical (unpaired) electrons. The van der Waals surface area contributed by atoms with Gasteiger partial charge in [-0.05, 0) is 24.6 Å². The number of anilines is 1. The van der Waals surface area contributed by atoms with Gasteiger partial charge in [-0.2, -0.15) is 13.2 Å². The monoisotopic (exact) mass is 426 g/mol. The zero-order valence-electron chi connectivity index (χ0n) is 16.5. The van der Waals surface area contributed by atoms with Crippen LogP contribution < -0.4 is 20.1 Å². The summed E-state index contributed by atoms with van der Waals surface area (Å²) in [6.45, 7) is 1.06. The first-order chi connectivity index (χ1) is 14.2. The summed E-state index contributed by atoms with van der Waals surface area (Å²) in [6.07, 6.45) is -5.19. The van der Waals surface area contributed by atoms with E-state index in [1.54, 1.807) is 5.32 Å². The average Bonchev–Trinajstić information content (AvgIpc) is 2.72. The largest absolute Gasteiger partial charge is 0.497 e. The minimum absolute atomic E-state index is 0.0730. The van der Waals surface area contributed by atoms with E-state index in [0.717, 1.165) is 12.1 Å². The van der Waals surface area contributed by atoms with E-state index in [1.165, 1.54) is 57.5 Å². The number of carbonyl (C=O) groups excluding carboxylic acids is 2. The molecular weight excluding hydrogens is 405 g/mol. The van der Waals surface area contributed by atoms with E-state index in [0.29, 0.717) is 5.75 Å². The van der Waals surface area contributed by atoms with Crippen molar-refractivity contribution in [3.63, 3.8) is 0 Å². The number of rotatable bonds is 7. The molecular formula is C20H21F3N2O5. The molecule has 0 fully saturated rings. The van der Waals surface area contributed by atoms with E-state index in [-0.39, 0.29) is 18.0 Å². The number of amides is 2. The maximum atomic E-state index is 14.2. The molecule has 2 aromatic rings. The van der Waals surface area contributed by atoms with Crippen LogP contribution in [0.15, 0.2) is 48.5 Å². The van der Waals surface area contributed by atoms with Crippen LogP contribution in [0, 0.1) is 0 Å². The molecule has 0 unspecified atom stereocenters. The highest BCUT2D eigenvalue weighted by Gasteiger charge is 2.64. The van der Waals surface area contributed by atoms with Crippen LogP contribution >= 0.6 is 0 Å². The highest BCUT2D eigenvalue weighted by atomic mass is 19.4. The van der Waals surface area contributed by atoms with Gasteiger partial charge in [-0.1, -0.05) is 30.3 Å². The third-order valence-corrected chi connectivity index (χ3v) is 4.17. The molecule has 2 rings (SSSR count). The Hall–Kier alpha value is -3.43. The lowest BCUT2D eigenvalue weighted by molar-refractivity contribution is -0.213. The first-order valence-corrected chi connectivity index (χ1v) is 8.80. The summed E-state index contributed by atoms with van der Waals surface area (Å²) in [6, 6.07) is 9.32. The molecule has 10 heteroatoms. The first kappa shape index (κ1) is 22.9. The fourth-order valence-corrected chi connectivity index (χ4v) is 2.74. The molecule has 0 aliphatic heterocycles. The third kappa shape index (κ3) is 4.58. The molecule has 30 heavy (non-hydrogen) atoms. The lowest BCUT2D eigenvalue weighted by Crippen LogP contribution is -2.62. The number of esters is 1. The van der Waals surface area contributed by atoms with Crippen molar-refractivity contribution >= 4 is 17.7 Å². The Morgan fingerprint density at radius 3 is 2.20 bits per heavy atom. The number of ether oxygens (including phenoxy) is 3. The van der Waals surface area contributed by atoms with Crippen LogP contribution in [0.5, 0.6) is 11.5 Å². The molecule has 162 valence electrons. The van der Waals surface area contributed by atoms with Crippen LogP contribution in [0.1, 0.15) is 12.5 Å². The topological polar surface area (TPSA) is 85.9 Å². The van der Waals surface area contributed by atoms with Gasteiger partial charge in [0.05, 0.1) is 26.5 Å². The van der Waals surface area contributed by atoms with Gasteiger partial charge in [0.15, 0.2) is 0 Å². The first-order valence-electron chi connectivity index (χ1n) is 8.80. The van der Waals surface area contributed by atoms with Gasteiger partial charge in [0, 0.05) is 6.07 Å². The Bertz CT molecular complexity index is 890. The maximum absolute atomic E-state index is 14.2. The molecule has 2 N–H and O–H groups in total. The second-order valence-corrected chi connectivity index (χ2v) is 5.98. The van der Waals surface area contributed by atoms with Crippen LogP contribution in [-0.2, 0) is 15.1 Å². The number of methoxy groups -OCH3 is 2. The quantitative estimate of drug-likeness (QED) is 0.657. The Labute approximate surface area is 171 Å². The SMILES string of the molecule is CCOC(=O)[C@@](NC(=O)Nc1ccc(OC)cc1OC)(c1ccccc1)C(F)(F)F. The summed E-state index contributed by atoms with van der Waals surface area (Å²) in [5.41, 5.74) is -3.83. The number of carbonyl (C=O) groups is 2. The van der Waals surface area contributed by atoms with Gasteiger partial charge >= 0.3 is 18.2 Å². The highest BCUT2D eigenvalue weighted by Crippen LogP contribution is 2.40. The van der Waals surface area contributed by atoms with E-state index in [1.807, 2.05) is 0 Å². The van der Waals surface area contributed by atoms with Crippen LogP contribution in [0.25, 0.3) is 0 Å². The van der Waals surface area contributed by atoms with Gasteiger partial charge in [0.25, 0.3) is 5.54 Å². The van der Waals surface area contributed by atoms with Crippen molar-refractivity contribution in [2.24, 2.45) is 0 Å². The lowest BCUT2D eigenvalue weighted by Gasteiger charge is -2.34. The van der Waals surface area contributed by atoms with Crippen LogP contribution in [0.4, 0.5) is 23.7 Å². The van der Waals surface area contributed by atoms with E-state index in [9.17, 15) is 22.8 Å². The molecule has 0 aliphatic carbocycles. The van der Waals surface area contributed by atoms with Crippen molar-refractivity contribution < 1.29 is 37.0 Å². The average molecular weight is 426 g/mol. The molecule has 1 atom stereocenters. The zero-order valence-corrected chi connectivity index (χ0v) is 16.5. The van der Waals surface area contributed by atoms with Crippen molar-refractivity contribution in [1.29, 1.82) is 0 Å². The number of hydrogen-bond donors (Lipinski definition) is 2.